The lowest BCUT2D eigenvalue weighted by molar-refractivity contribution is -0.137. The Morgan fingerprint density at radius 2 is 2.11 bits per heavy atom. The Balaban J connectivity index is 2.82. The highest BCUT2D eigenvalue weighted by Crippen LogP contribution is 2.15. The number of carbonyl (C=O) groups excluding carboxylic acids is 1. The molecule has 0 radical (unpaired) electrons. The monoisotopic (exact) mass is 257 g/mol. The van der Waals surface area contributed by atoms with Crippen LogP contribution in [-0.2, 0) is 9.53 Å². The topological polar surface area (TPSA) is 59.3 Å². The lowest BCUT2D eigenvalue weighted by atomic mass is 10.1. The van der Waals surface area contributed by atoms with E-state index in [9.17, 15) is 4.79 Å². The molecule has 1 aromatic rings. The molecule has 98 valence electrons. The summed E-state index contributed by atoms with van der Waals surface area (Å²) in [5.41, 5.74) is 0.706. The standard InChI is InChI=1S/C15H15NO3/c1-3-9-19-14-7-5-12(6-8-14)10-13(11-16)15(17)18-4-2/h3,5-8,10H,1,4,9H2,2H3. The van der Waals surface area contributed by atoms with Gasteiger partial charge in [0.15, 0.2) is 0 Å². The normalized spacial score (nSPS) is 10.4. The minimum atomic E-state index is -0.614. The second-order valence-corrected chi connectivity index (χ2v) is 3.56. The molecule has 19 heavy (non-hydrogen) atoms. The summed E-state index contributed by atoms with van der Waals surface area (Å²) in [5, 5.41) is 8.90. The summed E-state index contributed by atoms with van der Waals surface area (Å²) < 4.78 is 10.1. The zero-order valence-electron chi connectivity index (χ0n) is 10.8. The number of hydrogen-bond acceptors (Lipinski definition) is 4. The SMILES string of the molecule is C=CCOc1ccc(C=C(C#N)C(=O)OCC)cc1. The van der Waals surface area contributed by atoms with Crippen LogP contribution in [0.4, 0.5) is 0 Å². The van der Waals surface area contributed by atoms with Gasteiger partial charge in [-0.25, -0.2) is 4.79 Å². The molecule has 0 aliphatic heterocycles. The van der Waals surface area contributed by atoms with Crippen LogP contribution in [0.1, 0.15) is 12.5 Å². The minimum Gasteiger partial charge on any atom is -0.490 e. The van der Waals surface area contributed by atoms with Gasteiger partial charge < -0.3 is 9.47 Å². The van der Waals surface area contributed by atoms with Crippen molar-refractivity contribution >= 4 is 12.0 Å². The van der Waals surface area contributed by atoms with Gasteiger partial charge in [0.25, 0.3) is 0 Å². The van der Waals surface area contributed by atoms with Gasteiger partial charge in [0, 0.05) is 0 Å². The number of hydrogen-bond donors (Lipinski definition) is 0. The van der Waals surface area contributed by atoms with E-state index in [1.54, 1.807) is 37.3 Å². The molecule has 0 amide bonds. The van der Waals surface area contributed by atoms with Crippen molar-refractivity contribution in [3.63, 3.8) is 0 Å². The predicted octanol–water partition coefficient (Wildman–Crippen LogP) is 2.72. The van der Waals surface area contributed by atoms with Gasteiger partial charge in [-0.15, -0.1) is 0 Å². The van der Waals surface area contributed by atoms with Crippen molar-refractivity contribution in [3.8, 4) is 11.8 Å². The lowest BCUT2D eigenvalue weighted by Gasteiger charge is -2.03. The van der Waals surface area contributed by atoms with Crippen LogP contribution in [0.2, 0.25) is 0 Å². The number of nitriles is 1. The summed E-state index contributed by atoms with van der Waals surface area (Å²) in [7, 11) is 0. The summed E-state index contributed by atoms with van der Waals surface area (Å²) in [6.07, 6.45) is 3.14. The smallest absolute Gasteiger partial charge is 0.348 e. The van der Waals surface area contributed by atoms with Crippen LogP contribution in [-0.4, -0.2) is 19.2 Å². The third kappa shape index (κ3) is 4.68. The second-order valence-electron chi connectivity index (χ2n) is 3.56. The number of esters is 1. The summed E-state index contributed by atoms with van der Waals surface area (Å²) in [5.74, 6) is 0.0867. The molecule has 0 N–H and O–H groups in total. The Labute approximate surface area is 112 Å². The van der Waals surface area contributed by atoms with E-state index < -0.39 is 5.97 Å². The van der Waals surface area contributed by atoms with E-state index in [4.69, 9.17) is 14.7 Å². The molecule has 0 saturated heterocycles. The zero-order valence-corrected chi connectivity index (χ0v) is 10.8. The predicted molar refractivity (Wildman–Crippen MR) is 72.4 cm³/mol. The van der Waals surface area contributed by atoms with E-state index in [-0.39, 0.29) is 12.2 Å². The summed E-state index contributed by atoms with van der Waals surface area (Å²) >= 11 is 0. The number of ether oxygens (including phenoxy) is 2. The van der Waals surface area contributed by atoms with Gasteiger partial charge in [-0.2, -0.15) is 5.26 Å². The highest BCUT2D eigenvalue weighted by atomic mass is 16.5. The van der Waals surface area contributed by atoms with Gasteiger partial charge >= 0.3 is 5.97 Å². The molecule has 0 spiro atoms. The molecule has 0 aliphatic carbocycles. The molecule has 0 fully saturated rings. The number of benzene rings is 1. The van der Waals surface area contributed by atoms with Gasteiger partial charge in [-0.3, -0.25) is 0 Å². The highest BCUT2D eigenvalue weighted by Gasteiger charge is 2.09. The van der Waals surface area contributed by atoms with E-state index in [0.29, 0.717) is 12.4 Å². The lowest BCUT2D eigenvalue weighted by Crippen LogP contribution is -2.05. The van der Waals surface area contributed by atoms with E-state index in [2.05, 4.69) is 6.58 Å². The van der Waals surface area contributed by atoms with Crippen LogP contribution in [0.3, 0.4) is 0 Å². The molecule has 0 bridgehead atoms. The zero-order chi connectivity index (χ0) is 14.1. The Morgan fingerprint density at radius 1 is 1.42 bits per heavy atom. The number of carbonyl (C=O) groups is 1. The van der Waals surface area contributed by atoms with Crippen molar-refractivity contribution in [2.45, 2.75) is 6.92 Å². The first-order valence-electron chi connectivity index (χ1n) is 5.84. The van der Waals surface area contributed by atoms with Crippen LogP contribution in [0, 0.1) is 11.3 Å². The van der Waals surface area contributed by atoms with E-state index in [0.717, 1.165) is 5.56 Å². The molecular weight excluding hydrogens is 242 g/mol. The van der Waals surface area contributed by atoms with Crippen molar-refractivity contribution in [2.24, 2.45) is 0 Å². The Bertz CT molecular complexity index is 509. The average molecular weight is 257 g/mol. The van der Waals surface area contributed by atoms with Crippen LogP contribution in [0.15, 0.2) is 42.5 Å². The largest absolute Gasteiger partial charge is 0.490 e. The first-order valence-corrected chi connectivity index (χ1v) is 5.84. The molecule has 1 aromatic carbocycles. The van der Waals surface area contributed by atoms with Crippen LogP contribution in [0.25, 0.3) is 6.08 Å². The molecule has 1 rings (SSSR count). The fraction of sp³-hybridized carbons (Fsp3) is 0.200. The number of rotatable bonds is 6. The Kier molecular flexibility index (Phi) is 5.90. The van der Waals surface area contributed by atoms with Crippen molar-refractivity contribution in [1.29, 1.82) is 5.26 Å². The van der Waals surface area contributed by atoms with Gasteiger partial charge in [0.2, 0.25) is 0 Å². The molecule has 0 aromatic heterocycles. The highest BCUT2D eigenvalue weighted by molar-refractivity contribution is 5.97. The summed E-state index contributed by atoms with van der Waals surface area (Å²) in [6.45, 7) is 5.93. The van der Waals surface area contributed by atoms with Crippen molar-refractivity contribution in [3.05, 3.63) is 48.1 Å². The van der Waals surface area contributed by atoms with Crippen LogP contribution in [0.5, 0.6) is 5.75 Å². The minimum absolute atomic E-state index is 0.0263. The molecule has 0 atom stereocenters. The molecule has 4 heteroatoms. The van der Waals surface area contributed by atoms with Crippen LogP contribution >= 0.6 is 0 Å². The van der Waals surface area contributed by atoms with Gasteiger partial charge in [0.05, 0.1) is 6.61 Å². The van der Waals surface area contributed by atoms with Crippen molar-refractivity contribution in [2.75, 3.05) is 13.2 Å². The molecule has 0 aliphatic rings. The fourth-order valence-corrected chi connectivity index (χ4v) is 1.33. The van der Waals surface area contributed by atoms with Gasteiger partial charge in [0.1, 0.15) is 24.0 Å². The van der Waals surface area contributed by atoms with E-state index in [1.165, 1.54) is 6.08 Å². The quantitative estimate of drug-likeness (QED) is 0.340. The third-order valence-electron chi connectivity index (χ3n) is 2.17. The summed E-state index contributed by atoms with van der Waals surface area (Å²) in [6, 6.07) is 8.86. The van der Waals surface area contributed by atoms with Gasteiger partial charge in [-0.05, 0) is 30.7 Å². The Morgan fingerprint density at radius 3 is 2.63 bits per heavy atom. The van der Waals surface area contributed by atoms with Crippen LogP contribution < -0.4 is 4.74 Å². The Hall–Kier alpha value is -2.54. The number of nitrogens with zero attached hydrogens (tertiary/aromatic N) is 1. The fourth-order valence-electron chi connectivity index (χ4n) is 1.33. The van der Waals surface area contributed by atoms with E-state index in [1.807, 2.05) is 6.07 Å². The molecule has 0 unspecified atom stereocenters. The summed E-state index contributed by atoms with van der Waals surface area (Å²) in [4.78, 5) is 11.4. The van der Waals surface area contributed by atoms with Gasteiger partial charge in [-0.1, -0.05) is 24.8 Å². The maximum Gasteiger partial charge on any atom is 0.348 e. The van der Waals surface area contributed by atoms with E-state index >= 15 is 0 Å². The third-order valence-corrected chi connectivity index (χ3v) is 2.17. The maximum absolute atomic E-state index is 11.4. The molecule has 0 saturated carbocycles. The molecular formula is C15H15NO3. The van der Waals surface area contributed by atoms with Crippen molar-refractivity contribution in [1.82, 2.24) is 0 Å². The van der Waals surface area contributed by atoms with Crippen molar-refractivity contribution < 1.29 is 14.3 Å². The first-order chi connectivity index (χ1) is 9.21. The molecule has 4 nitrogen and oxygen atoms in total. The maximum atomic E-state index is 11.4. The molecule has 0 heterocycles. The first kappa shape index (κ1) is 14.5. The second kappa shape index (κ2) is 7.72. The average Bonchev–Trinajstić information content (AvgIpc) is 2.44.